The summed E-state index contributed by atoms with van der Waals surface area (Å²) in [5.74, 6) is 0.552. The van der Waals surface area contributed by atoms with Gasteiger partial charge in [-0.25, -0.2) is 13.9 Å². The molecule has 1 unspecified atom stereocenters. The van der Waals surface area contributed by atoms with Crippen LogP contribution in [0.15, 0.2) is 120 Å². The summed E-state index contributed by atoms with van der Waals surface area (Å²) in [5.41, 5.74) is 0.0325. The molecule has 1 amide bonds. The van der Waals surface area contributed by atoms with Gasteiger partial charge in [0.2, 0.25) is 11.9 Å². The number of aromatic nitrogens is 4. The number of anilines is 1. The first-order valence-corrected chi connectivity index (χ1v) is 19.3. The number of H-pyrrole nitrogens is 1. The number of rotatable bonds is 15. The highest BCUT2D eigenvalue weighted by Gasteiger charge is 2.50. The van der Waals surface area contributed by atoms with Crippen LogP contribution < -0.4 is 24.9 Å². The van der Waals surface area contributed by atoms with Gasteiger partial charge in [0.25, 0.3) is 5.56 Å². The lowest BCUT2D eigenvalue weighted by Crippen LogP contribution is -2.38. The largest absolute Gasteiger partial charge is 0.497 e. The highest BCUT2D eigenvalue weighted by atomic mass is 31.1. The van der Waals surface area contributed by atoms with E-state index in [0.717, 1.165) is 5.56 Å². The Kier molecular flexibility index (Phi) is 11.8. The van der Waals surface area contributed by atoms with Gasteiger partial charge in [-0.2, -0.15) is 4.98 Å². The molecule has 6 aromatic rings. The smallest absolute Gasteiger partial charge is 0.368 e. The molecule has 1 aliphatic rings. The minimum Gasteiger partial charge on any atom is -0.497 e. The molecule has 0 radical (unpaired) electrons. The molecule has 0 aliphatic carbocycles. The van der Waals surface area contributed by atoms with Crippen molar-refractivity contribution in [2.24, 2.45) is 5.92 Å². The van der Waals surface area contributed by atoms with Gasteiger partial charge in [-0.3, -0.25) is 29.0 Å². The molecule has 1 aliphatic heterocycles. The SMILES string of the molecule is COc1ccc(C(OC[C@H]2O[C@@H](n3cnc4c(=O)[nH]c(NC(=O)C(C)C)nc43)[C@@H](O[PH](=O)Oc3ccccc3)[C@@H]2F)(c2ccccc2)c2ccc(OC)cc2)cc1. The van der Waals surface area contributed by atoms with E-state index in [4.69, 9.17) is 28.0 Å². The van der Waals surface area contributed by atoms with Crippen molar-refractivity contribution < 1.29 is 41.7 Å². The van der Waals surface area contributed by atoms with Crippen LogP contribution in [-0.4, -0.2) is 64.6 Å². The third-order valence-corrected chi connectivity index (χ3v) is 10.4. The average Bonchev–Trinajstić information content (AvgIpc) is 3.79. The molecule has 14 nitrogen and oxygen atoms in total. The zero-order chi connectivity index (χ0) is 40.1. The molecule has 0 spiro atoms. The van der Waals surface area contributed by atoms with Gasteiger partial charge in [0.05, 0.1) is 27.2 Å². The maximum Gasteiger partial charge on any atom is 0.368 e. The van der Waals surface area contributed by atoms with Gasteiger partial charge in [-0.1, -0.05) is 86.6 Å². The number of nitrogens with zero attached hydrogens (tertiary/aromatic N) is 3. The first kappa shape index (κ1) is 39.4. The Morgan fingerprint density at radius 3 is 2.05 bits per heavy atom. The number of nitrogens with one attached hydrogen (secondary N) is 2. The molecule has 4 aromatic carbocycles. The molecular weight excluding hydrogens is 756 g/mol. The van der Waals surface area contributed by atoms with Crippen molar-refractivity contribution in [1.29, 1.82) is 0 Å². The number of aromatic amines is 1. The van der Waals surface area contributed by atoms with Crippen LogP contribution in [0, 0.1) is 5.92 Å². The third-order valence-electron chi connectivity index (χ3n) is 9.55. The Balaban J connectivity index is 1.28. The van der Waals surface area contributed by atoms with E-state index < -0.39 is 55.8 Å². The van der Waals surface area contributed by atoms with E-state index in [0.29, 0.717) is 22.6 Å². The summed E-state index contributed by atoms with van der Waals surface area (Å²) in [4.78, 5) is 36.8. The minimum atomic E-state index is -3.39. The maximum absolute atomic E-state index is 17.1. The van der Waals surface area contributed by atoms with E-state index in [1.807, 2.05) is 78.9 Å². The molecule has 57 heavy (non-hydrogen) atoms. The monoisotopic (exact) mass is 797 g/mol. The van der Waals surface area contributed by atoms with Crippen LogP contribution in [0.1, 0.15) is 36.8 Å². The van der Waals surface area contributed by atoms with E-state index in [1.165, 1.54) is 10.9 Å². The van der Waals surface area contributed by atoms with Gasteiger partial charge in [-0.05, 0) is 53.1 Å². The summed E-state index contributed by atoms with van der Waals surface area (Å²) in [7, 11) is -0.247. The molecular formula is C41H41FN5O9P. The standard InChI is InChI=1S/C41H41FN5O9P/c1-25(2)37(48)45-40-44-36-34(38(49)46-40)43-24-47(36)39-35(56-57(50)55-31-13-9-6-10-14-31)33(42)32(54-39)23-53-41(26-11-7-5-8-12-26,27-15-19-29(51-3)20-16-27)28-17-21-30(52-4)22-18-28/h5-22,24-25,32-33,35,39,57H,23H2,1-4H3,(H2,44,45,46,48,49)/t32-,33-,35+,39-/m1/s1. The van der Waals surface area contributed by atoms with Gasteiger partial charge in [0.1, 0.15) is 35.1 Å². The Bertz CT molecular complexity index is 2330. The number of amides is 1. The van der Waals surface area contributed by atoms with Crippen molar-refractivity contribution in [1.82, 2.24) is 19.5 Å². The number of ether oxygens (including phenoxy) is 4. The predicted molar refractivity (Wildman–Crippen MR) is 210 cm³/mol. The lowest BCUT2D eigenvalue weighted by atomic mass is 9.80. The number of carbonyl (C=O) groups excluding carboxylic acids is 1. The van der Waals surface area contributed by atoms with Gasteiger partial charge in [-0.15, -0.1) is 0 Å². The fourth-order valence-corrected chi connectivity index (χ4v) is 7.46. The fraction of sp³-hybridized carbons (Fsp3) is 0.268. The number of halogens is 1. The Hall–Kier alpha value is -5.86. The number of para-hydroxylation sites is 1. The van der Waals surface area contributed by atoms with Gasteiger partial charge in [0.15, 0.2) is 23.6 Å². The fourth-order valence-electron chi connectivity index (χ4n) is 6.61. The van der Waals surface area contributed by atoms with Crippen LogP contribution in [0.25, 0.3) is 11.2 Å². The summed E-state index contributed by atoms with van der Waals surface area (Å²) in [5, 5.41) is 2.57. The van der Waals surface area contributed by atoms with E-state index in [-0.39, 0.29) is 29.5 Å². The molecule has 2 aromatic heterocycles. The average molecular weight is 798 g/mol. The summed E-state index contributed by atoms with van der Waals surface area (Å²) in [6.45, 7) is 3.02. The second-order valence-electron chi connectivity index (χ2n) is 13.5. The molecule has 5 atom stereocenters. The van der Waals surface area contributed by atoms with E-state index in [2.05, 4.69) is 20.3 Å². The predicted octanol–water partition coefficient (Wildman–Crippen LogP) is 6.83. The second kappa shape index (κ2) is 17.1. The van der Waals surface area contributed by atoms with Crippen LogP contribution in [0.4, 0.5) is 10.3 Å². The summed E-state index contributed by atoms with van der Waals surface area (Å²) in [6, 6.07) is 32.5. The quantitative estimate of drug-likeness (QED) is 0.0827. The van der Waals surface area contributed by atoms with Gasteiger partial charge >= 0.3 is 8.25 Å². The molecule has 3 heterocycles. The minimum absolute atomic E-state index is 0.0380. The Labute approximate surface area is 327 Å². The highest BCUT2D eigenvalue weighted by molar-refractivity contribution is 7.33. The third kappa shape index (κ3) is 8.19. The molecule has 0 bridgehead atoms. The van der Waals surface area contributed by atoms with E-state index in [1.54, 1.807) is 58.4 Å². The van der Waals surface area contributed by atoms with Crippen LogP contribution >= 0.6 is 8.25 Å². The molecule has 7 rings (SSSR count). The van der Waals surface area contributed by atoms with Crippen molar-refractivity contribution in [3.05, 3.63) is 143 Å². The van der Waals surface area contributed by atoms with E-state index >= 15 is 4.39 Å². The lowest BCUT2D eigenvalue weighted by molar-refractivity contribution is -0.118. The number of benzene rings is 4. The molecule has 2 N–H and O–H groups in total. The number of carbonyl (C=O) groups is 1. The Morgan fingerprint density at radius 2 is 1.47 bits per heavy atom. The lowest BCUT2D eigenvalue weighted by Gasteiger charge is -2.37. The van der Waals surface area contributed by atoms with Crippen molar-refractivity contribution in [3.63, 3.8) is 0 Å². The van der Waals surface area contributed by atoms with Crippen LogP contribution in [0.3, 0.4) is 0 Å². The number of hydrogen-bond donors (Lipinski definition) is 2. The zero-order valence-electron chi connectivity index (χ0n) is 31.5. The van der Waals surface area contributed by atoms with Crippen LogP contribution in [-0.2, 0) is 29.0 Å². The summed E-state index contributed by atoms with van der Waals surface area (Å²) in [6.07, 6.45) is -4.97. The summed E-state index contributed by atoms with van der Waals surface area (Å²) < 4.78 is 67.4. The molecule has 0 saturated carbocycles. The molecule has 1 saturated heterocycles. The number of hydrogen-bond acceptors (Lipinski definition) is 11. The first-order valence-electron chi connectivity index (χ1n) is 18.1. The van der Waals surface area contributed by atoms with Crippen LogP contribution in [0.5, 0.6) is 17.2 Å². The second-order valence-corrected chi connectivity index (χ2v) is 14.4. The molecule has 1 fully saturated rings. The van der Waals surface area contributed by atoms with Gasteiger partial charge < -0.3 is 23.5 Å². The molecule has 16 heteroatoms. The topological polar surface area (TPSA) is 165 Å². The highest BCUT2D eigenvalue weighted by Crippen LogP contribution is 2.45. The van der Waals surface area contributed by atoms with Crippen molar-refractivity contribution in [2.75, 3.05) is 26.1 Å². The van der Waals surface area contributed by atoms with Crippen molar-refractivity contribution >= 4 is 31.3 Å². The summed E-state index contributed by atoms with van der Waals surface area (Å²) >= 11 is 0. The number of methoxy groups -OCH3 is 2. The number of alkyl halides is 1. The first-order chi connectivity index (χ1) is 27.6. The maximum atomic E-state index is 17.1. The van der Waals surface area contributed by atoms with Crippen LogP contribution in [0.2, 0.25) is 0 Å². The van der Waals surface area contributed by atoms with Crippen molar-refractivity contribution in [2.45, 2.75) is 44.1 Å². The Morgan fingerprint density at radius 1 is 0.895 bits per heavy atom. The van der Waals surface area contributed by atoms with Gasteiger partial charge in [0, 0.05) is 5.92 Å². The van der Waals surface area contributed by atoms with Crippen molar-refractivity contribution in [3.8, 4) is 17.2 Å². The molecule has 296 valence electrons. The van der Waals surface area contributed by atoms with E-state index in [9.17, 15) is 14.2 Å². The number of fused-ring (bicyclic) bond motifs is 1. The normalized spacial score (nSPS) is 18.7. The zero-order valence-corrected chi connectivity index (χ0v) is 32.5. The number of imidazole rings is 1.